The minimum Gasteiger partial charge on any atom is -0.349 e. The van der Waals surface area contributed by atoms with Crippen LogP contribution in [-0.2, 0) is 10.2 Å². The second-order valence-corrected chi connectivity index (χ2v) is 8.51. The second-order valence-electron chi connectivity index (χ2n) is 8.51. The Hall–Kier alpha value is -1.35. The topological polar surface area (TPSA) is 32.3 Å². The highest BCUT2D eigenvalue weighted by atomic mass is 16.1. The second kappa shape index (κ2) is 7.11. The molecule has 1 aromatic carbocycles. The lowest BCUT2D eigenvalue weighted by Crippen LogP contribution is -2.46. The molecule has 1 aromatic rings. The molecule has 25 heavy (non-hydrogen) atoms. The molecule has 0 radical (unpaired) electrons. The zero-order valence-electron chi connectivity index (χ0n) is 15.6. The predicted octanol–water partition coefficient (Wildman–Crippen LogP) is 4.32. The zero-order valence-corrected chi connectivity index (χ0v) is 15.6. The number of benzene rings is 1. The maximum absolute atomic E-state index is 11.7. The van der Waals surface area contributed by atoms with Crippen molar-refractivity contribution in [2.75, 3.05) is 13.1 Å². The smallest absolute Gasteiger partial charge is 0.217 e. The first-order chi connectivity index (χ1) is 12.2. The van der Waals surface area contributed by atoms with Crippen molar-refractivity contribution >= 4 is 5.91 Å². The molecule has 0 unspecified atom stereocenters. The number of likely N-dealkylation sites (tertiary alicyclic amines) is 1. The third-order valence-electron chi connectivity index (χ3n) is 6.98. The number of rotatable bonds is 2. The Morgan fingerprint density at radius 2 is 1.76 bits per heavy atom. The fourth-order valence-electron chi connectivity index (χ4n) is 5.68. The number of carbonyl (C=O) groups is 1. The quantitative estimate of drug-likeness (QED) is 0.813. The van der Waals surface area contributed by atoms with Gasteiger partial charge in [-0.15, -0.1) is 0 Å². The molecule has 1 saturated heterocycles. The SMILES string of the molecule is CC(=O)N[C@H]1CC2(CCN(C3CCCCCC3)CC2)c2ccccc21. The summed E-state index contributed by atoms with van der Waals surface area (Å²) in [7, 11) is 0. The van der Waals surface area contributed by atoms with E-state index < -0.39 is 0 Å². The van der Waals surface area contributed by atoms with E-state index in [0.29, 0.717) is 0 Å². The van der Waals surface area contributed by atoms with Crippen molar-refractivity contribution in [3.63, 3.8) is 0 Å². The lowest BCUT2D eigenvalue weighted by Gasteiger charge is -2.43. The van der Waals surface area contributed by atoms with E-state index in [2.05, 4.69) is 34.5 Å². The van der Waals surface area contributed by atoms with E-state index in [1.807, 2.05) is 0 Å². The molecule has 1 amide bonds. The molecule has 1 atom stereocenters. The van der Waals surface area contributed by atoms with E-state index in [-0.39, 0.29) is 17.4 Å². The van der Waals surface area contributed by atoms with Crippen molar-refractivity contribution in [1.82, 2.24) is 10.2 Å². The van der Waals surface area contributed by atoms with E-state index in [1.54, 1.807) is 6.92 Å². The summed E-state index contributed by atoms with van der Waals surface area (Å²) >= 11 is 0. The summed E-state index contributed by atoms with van der Waals surface area (Å²) < 4.78 is 0. The molecule has 0 aromatic heterocycles. The van der Waals surface area contributed by atoms with Crippen molar-refractivity contribution in [3.8, 4) is 0 Å². The van der Waals surface area contributed by atoms with E-state index in [9.17, 15) is 4.79 Å². The van der Waals surface area contributed by atoms with Gasteiger partial charge in [-0.3, -0.25) is 4.79 Å². The number of fused-ring (bicyclic) bond motifs is 2. The molecule has 1 aliphatic heterocycles. The minimum absolute atomic E-state index is 0.0905. The third-order valence-corrected chi connectivity index (χ3v) is 6.98. The first kappa shape index (κ1) is 17.1. The van der Waals surface area contributed by atoms with Crippen LogP contribution in [0.4, 0.5) is 0 Å². The van der Waals surface area contributed by atoms with Crippen LogP contribution in [0.3, 0.4) is 0 Å². The fraction of sp³-hybridized carbons (Fsp3) is 0.682. The molecule has 136 valence electrons. The Balaban J connectivity index is 1.49. The lowest BCUT2D eigenvalue weighted by molar-refractivity contribution is -0.119. The van der Waals surface area contributed by atoms with Crippen molar-refractivity contribution < 1.29 is 4.79 Å². The first-order valence-electron chi connectivity index (χ1n) is 10.3. The van der Waals surface area contributed by atoms with Crippen molar-refractivity contribution in [1.29, 1.82) is 0 Å². The zero-order chi connectivity index (χ0) is 17.3. The Kier molecular flexibility index (Phi) is 4.86. The summed E-state index contributed by atoms with van der Waals surface area (Å²) in [5.74, 6) is 0.0905. The highest BCUT2D eigenvalue weighted by Gasteiger charge is 2.46. The molecule has 1 N–H and O–H groups in total. The Labute approximate surface area is 152 Å². The number of carbonyl (C=O) groups excluding carboxylic acids is 1. The fourth-order valence-corrected chi connectivity index (χ4v) is 5.68. The average Bonchev–Trinajstić information content (AvgIpc) is 2.80. The van der Waals surface area contributed by atoms with E-state index in [4.69, 9.17) is 0 Å². The molecule has 1 spiro atoms. The molecular weight excluding hydrogens is 308 g/mol. The normalized spacial score (nSPS) is 27.0. The molecular formula is C22H32N2O. The number of hydrogen-bond acceptors (Lipinski definition) is 2. The molecule has 3 nitrogen and oxygen atoms in total. The van der Waals surface area contributed by atoms with Gasteiger partial charge in [-0.25, -0.2) is 0 Å². The van der Waals surface area contributed by atoms with Crippen LogP contribution < -0.4 is 5.32 Å². The van der Waals surface area contributed by atoms with Crippen LogP contribution in [0.1, 0.15) is 81.9 Å². The van der Waals surface area contributed by atoms with Gasteiger partial charge < -0.3 is 10.2 Å². The van der Waals surface area contributed by atoms with Gasteiger partial charge in [-0.1, -0.05) is 49.9 Å². The van der Waals surface area contributed by atoms with E-state index in [0.717, 1.165) is 12.5 Å². The summed E-state index contributed by atoms with van der Waals surface area (Å²) in [6.07, 6.45) is 12.1. The Morgan fingerprint density at radius 1 is 1.08 bits per heavy atom. The first-order valence-corrected chi connectivity index (χ1v) is 10.3. The predicted molar refractivity (Wildman–Crippen MR) is 102 cm³/mol. The Bertz CT molecular complexity index is 610. The Morgan fingerprint density at radius 3 is 2.44 bits per heavy atom. The molecule has 1 saturated carbocycles. The van der Waals surface area contributed by atoms with Crippen LogP contribution in [0, 0.1) is 0 Å². The van der Waals surface area contributed by atoms with Gasteiger partial charge in [-0.2, -0.15) is 0 Å². The van der Waals surface area contributed by atoms with E-state index in [1.165, 1.54) is 75.6 Å². The molecule has 1 heterocycles. The number of piperidine rings is 1. The highest BCUT2D eigenvalue weighted by Crippen LogP contribution is 2.51. The summed E-state index contributed by atoms with van der Waals surface area (Å²) in [4.78, 5) is 14.4. The van der Waals surface area contributed by atoms with Gasteiger partial charge in [0.05, 0.1) is 6.04 Å². The summed E-state index contributed by atoms with van der Waals surface area (Å²) in [5.41, 5.74) is 3.15. The maximum Gasteiger partial charge on any atom is 0.217 e. The van der Waals surface area contributed by atoms with Crippen LogP contribution in [0.5, 0.6) is 0 Å². The summed E-state index contributed by atoms with van der Waals surface area (Å²) in [6, 6.07) is 9.86. The highest BCUT2D eigenvalue weighted by molar-refractivity contribution is 5.73. The summed E-state index contributed by atoms with van der Waals surface area (Å²) in [6.45, 7) is 4.10. The average molecular weight is 341 g/mol. The van der Waals surface area contributed by atoms with Crippen molar-refractivity contribution in [3.05, 3.63) is 35.4 Å². The van der Waals surface area contributed by atoms with Gasteiger partial charge in [0, 0.05) is 18.4 Å². The van der Waals surface area contributed by atoms with Crippen LogP contribution in [0.25, 0.3) is 0 Å². The van der Waals surface area contributed by atoms with Gasteiger partial charge in [-0.05, 0) is 56.3 Å². The van der Waals surface area contributed by atoms with Gasteiger partial charge in [0.2, 0.25) is 5.91 Å². The monoisotopic (exact) mass is 340 g/mol. The minimum atomic E-state index is 0.0905. The molecule has 3 heteroatoms. The van der Waals surface area contributed by atoms with Gasteiger partial charge in [0.25, 0.3) is 0 Å². The van der Waals surface area contributed by atoms with Gasteiger partial charge >= 0.3 is 0 Å². The van der Waals surface area contributed by atoms with Crippen LogP contribution in [-0.4, -0.2) is 29.9 Å². The molecule has 3 aliphatic rings. The van der Waals surface area contributed by atoms with Crippen LogP contribution in [0.15, 0.2) is 24.3 Å². The molecule has 0 bridgehead atoms. The summed E-state index contributed by atoms with van der Waals surface area (Å²) in [5, 5.41) is 3.20. The maximum atomic E-state index is 11.7. The number of nitrogens with zero attached hydrogens (tertiary/aromatic N) is 1. The lowest BCUT2D eigenvalue weighted by atomic mass is 9.73. The van der Waals surface area contributed by atoms with Gasteiger partial charge in [0.1, 0.15) is 0 Å². The van der Waals surface area contributed by atoms with Gasteiger partial charge in [0.15, 0.2) is 0 Å². The molecule has 2 fully saturated rings. The van der Waals surface area contributed by atoms with Crippen molar-refractivity contribution in [2.45, 2.75) is 82.2 Å². The van der Waals surface area contributed by atoms with Crippen LogP contribution >= 0.6 is 0 Å². The number of amides is 1. The number of hydrogen-bond donors (Lipinski definition) is 1. The van der Waals surface area contributed by atoms with E-state index >= 15 is 0 Å². The largest absolute Gasteiger partial charge is 0.349 e. The molecule has 2 aliphatic carbocycles. The molecule has 4 rings (SSSR count). The van der Waals surface area contributed by atoms with Crippen molar-refractivity contribution in [2.24, 2.45) is 0 Å². The number of nitrogens with one attached hydrogen (secondary N) is 1. The third kappa shape index (κ3) is 3.36. The standard InChI is InChI=1S/C22H32N2O/c1-17(25)23-21-16-22(20-11-7-6-10-19(20)21)12-14-24(15-13-22)18-8-4-2-3-5-9-18/h6-7,10-11,18,21H,2-5,8-9,12-16H2,1H3,(H,23,25)/t21-/m0/s1. The van der Waals surface area contributed by atoms with Crippen LogP contribution in [0.2, 0.25) is 0 Å².